The van der Waals surface area contributed by atoms with Gasteiger partial charge in [0.25, 0.3) is 0 Å². The Kier molecular flexibility index (Phi) is 2.97. The highest BCUT2D eigenvalue weighted by molar-refractivity contribution is 5.92. The number of carbonyl (C=O) groups is 2. The molecule has 0 N–H and O–H groups in total. The third kappa shape index (κ3) is 1.78. The maximum Gasteiger partial charge on any atom is 0.219 e. The van der Waals surface area contributed by atoms with Gasteiger partial charge in [0.2, 0.25) is 12.3 Å². The van der Waals surface area contributed by atoms with Crippen LogP contribution in [0.2, 0.25) is 0 Å². The standard InChI is InChI=1S/C15H16N2O3/c1-10(19)16-6-5-13-12-4-3-11(20-2)7-14(12)17(9-18)15(13)8-16/h3-4,7,9H,5-6,8H2,1-2H3. The van der Waals surface area contributed by atoms with Gasteiger partial charge >= 0.3 is 0 Å². The van der Waals surface area contributed by atoms with Crippen LogP contribution < -0.4 is 4.74 Å². The molecule has 0 radical (unpaired) electrons. The molecule has 0 unspecified atom stereocenters. The summed E-state index contributed by atoms with van der Waals surface area (Å²) in [5, 5.41) is 1.07. The molecule has 1 aliphatic heterocycles. The molecule has 104 valence electrons. The van der Waals surface area contributed by atoms with E-state index in [1.54, 1.807) is 23.5 Å². The summed E-state index contributed by atoms with van der Waals surface area (Å²) in [6, 6.07) is 5.74. The minimum atomic E-state index is 0.0379. The van der Waals surface area contributed by atoms with E-state index in [0.717, 1.165) is 40.7 Å². The van der Waals surface area contributed by atoms with Crippen molar-refractivity contribution in [2.45, 2.75) is 19.9 Å². The van der Waals surface area contributed by atoms with Gasteiger partial charge in [-0.1, -0.05) is 0 Å². The second-order valence-electron chi connectivity index (χ2n) is 4.97. The first-order valence-corrected chi connectivity index (χ1v) is 6.56. The molecule has 5 nitrogen and oxygen atoms in total. The molecule has 0 spiro atoms. The summed E-state index contributed by atoms with van der Waals surface area (Å²) in [6.45, 7) is 2.74. The van der Waals surface area contributed by atoms with E-state index in [9.17, 15) is 9.59 Å². The summed E-state index contributed by atoms with van der Waals surface area (Å²) < 4.78 is 6.85. The molecule has 2 heterocycles. The molecule has 1 aromatic heterocycles. The molecule has 0 atom stereocenters. The van der Waals surface area contributed by atoms with E-state index >= 15 is 0 Å². The molecule has 0 saturated carbocycles. The number of hydrogen-bond donors (Lipinski definition) is 0. The van der Waals surface area contributed by atoms with Gasteiger partial charge < -0.3 is 9.64 Å². The Morgan fingerprint density at radius 3 is 2.85 bits per heavy atom. The number of ether oxygens (including phenoxy) is 1. The third-order valence-electron chi connectivity index (χ3n) is 3.95. The van der Waals surface area contributed by atoms with Gasteiger partial charge in [-0.3, -0.25) is 14.2 Å². The predicted molar refractivity (Wildman–Crippen MR) is 75.4 cm³/mol. The van der Waals surface area contributed by atoms with Crippen LogP contribution in [0.5, 0.6) is 5.75 Å². The van der Waals surface area contributed by atoms with E-state index in [4.69, 9.17) is 4.74 Å². The van der Waals surface area contributed by atoms with E-state index in [-0.39, 0.29) is 5.91 Å². The van der Waals surface area contributed by atoms with Crippen LogP contribution in [0.15, 0.2) is 18.2 Å². The molecule has 2 aromatic rings. The normalized spacial score (nSPS) is 14.2. The Morgan fingerprint density at radius 1 is 1.40 bits per heavy atom. The summed E-state index contributed by atoms with van der Waals surface area (Å²) in [5.41, 5.74) is 2.91. The fourth-order valence-corrected chi connectivity index (χ4v) is 2.89. The van der Waals surface area contributed by atoms with Crippen molar-refractivity contribution < 1.29 is 14.3 Å². The Bertz CT molecular complexity index is 703. The van der Waals surface area contributed by atoms with Gasteiger partial charge in [0.1, 0.15) is 5.75 Å². The monoisotopic (exact) mass is 272 g/mol. The summed E-state index contributed by atoms with van der Waals surface area (Å²) in [6.07, 6.45) is 1.59. The fourth-order valence-electron chi connectivity index (χ4n) is 2.89. The predicted octanol–water partition coefficient (Wildman–Crippen LogP) is 1.59. The summed E-state index contributed by atoms with van der Waals surface area (Å²) in [4.78, 5) is 24.7. The van der Waals surface area contributed by atoms with Crippen molar-refractivity contribution in [3.8, 4) is 5.75 Å². The Morgan fingerprint density at radius 2 is 2.20 bits per heavy atom. The largest absolute Gasteiger partial charge is 0.497 e. The molecule has 0 aliphatic carbocycles. The number of nitrogens with zero attached hydrogens (tertiary/aromatic N) is 2. The van der Waals surface area contributed by atoms with Crippen molar-refractivity contribution in [1.82, 2.24) is 9.47 Å². The van der Waals surface area contributed by atoms with Crippen molar-refractivity contribution in [1.29, 1.82) is 0 Å². The lowest BCUT2D eigenvalue weighted by molar-refractivity contribution is -0.129. The number of aromatic nitrogens is 1. The molecule has 0 bridgehead atoms. The molecular weight excluding hydrogens is 256 g/mol. The van der Waals surface area contributed by atoms with Crippen molar-refractivity contribution in [2.24, 2.45) is 0 Å². The summed E-state index contributed by atoms with van der Waals surface area (Å²) in [7, 11) is 1.60. The molecule has 5 heteroatoms. The average Bonchev–Trinajstić information content (AvgIpc) is 2.78. The van der Waals surface area contributed by atoms with Crippen LogP contribution in [0, 0.1) is 0 Å². The zero-order valence-electron chi connectivity index (χ0n) is 11.5. The van der Waals surface area contributed by atoms with Crippen LogP contribution in [-0.2, 0) is 22.6 Å². The van der Waals surface area contributed by atoms with Crippen LogP contribution in [0.3, 0.4) is 0 Å². The molecule has 1 amide bonds. The van der Waals surface area contributed by atoms with Crippen molar-refractivity contribution >= 4 is 23.2 Å². The highest BCUT2D eigenvalue weighted by atomic mass is 16.5. The highest BCUT2D eigenvalue weighted by Crippen LogP contribution is 2.32. The zero-order valence-corrected chi connectivity index (χ0v) is 11.5. The van der Waals surface area contributed by atoms with Crippen LogP contribution in [0.4, 0.5) is 0 Å². The second-order valence-corrected chi connectivity index (χ2v) is 4.97. The van der Waals surface area contributed by atoms with E-state index in [0.29, 0.717) is 13.1 Å². The van der Waals surface area contributed by atoms with E-state index in [1.807, 2.05) is 18.2 Å². The molecule has 3 rings (SSSR count). The van der Waals surface area contributed by atoms with Gasteiger partial charge in [-0.25, -0.2) is 0 Å². The number of amides is 1. The Balaban J connectivity index is 2.21. The van der Waals surface area contributed by atoms with Crippen LogP contribution >= 0.6 is 0 Å². The van der Waals surface area contributed by atoms with E-state index < -0.39 is 0 Å². The lowest BCUT2D eigenvalue weighted by Crippen LogP contribution is -2.35. The van der Waals surface area contributed by atoms with Gasteiger partial charge in [0.05, 0.1) is 19.2 Å². The average molecular weight is 272 g/mol. The lowest BCUT2D eigenvalue weighted by atomic mass is 10.0. The minimum absolute atomic E-state index is 0.0379. The molecule has 20 heavy (non-hydrogen) atoms. The first-order chi connectivity index (χ1) is 9.65. The maximum atomic E-state index is 11.5. The highest BCUT2D eigenvalue weighted by Gasteiger charge is 2.25. The SMILES string of the molecule is COc1ccc2c3c(n(C=O)c2c1)CN(C(C)=O)CC3. The van der Waals surface area contributed by atoms with Crippen LogP contribution in [0.1, 0.15) is 18.2 Å². The van der Waals surface area contributed by atoms with Gasteiger partial charge in [-0.15, -0.1) is 0 Å². The zero-order chi connectivity index (χ0) is 14.3. The molecule has 1 aliphatic rings. The molecular formula is C15H16N2O3. The second kappa shape index (κ2) is 4.67. The lowest BCUT2D eigenvalue weighted by Gasteiger charge is -2.26. The first-order valence-electron chi connectivity index (χ1n) is 6.56. The van der Waals surface area contributed by atoms with E-state index in [1.165, 1.54) is 0 Å². The number of methoxy groups -OCH3 is 1. The first kappa shape index (κ1) is 12.7. The Labute approximate surface area is 116 Å². The number of benzene rings is 1. The number of carbonyl (C=O) groups excluding carboxylic acids is 2. The van der Waals surface area contributed by atoms with E-state index in [2.05, 4.69) is 0 Å². The smallest absolute Gasteiger partial charge is 0.219 e. The summed E-state index contributed by atoms with van der Waals surface area (Å²) in [5.74, 6) is 0.759. The number of hydrogen-bond acceptors (Lipinski definition) is 3. The van der Waals surface area contributed by atoms with Crippen LogP contribution in [-0.4, -0.2) is 35.4 Å². The molecule has 1 aromatic carbocycles. The third-order valence-corrected chi connectivity index (χ3v) is 3.95. The van der Waals surface area contributed by atoms with Gasteiger partial charge in [0.15, 0.2) is 0 Å². The van der Waals surface area contributed by atoms with Gasteiger partial charge in [-0.05, 0) is 24.1 Å². The fraction of sp³-hybridized carbons (Fsp3) is 0.333. The Hall–Kier alpha value is -2.30. The van der Waals surface area contributed by atoms with Crippen molar-refractivity contribution in [3.05, 3.63) is 29.5 Å². The summed E-state index contributed by atoms with van der Waals surface area (Å²) >= 11 is 0. The van der Waals surface area contributed by atoms with Crippen LogP contribution in [0.25, 0.3) is 10.9 Å². The molecule has 0 saturated heterocycles. The van der Waals surface area contributed by atoms with Gasteiger partial charge in [-0.2, -0.15) is 0 Å². The maximum absolute atomic E-state index is 11.5. The van der Waals surface area contributed by atoms with Gasteiger partial charge in [0, 0.05) is 30.6 Å². The van der Waals surface area contributed by atoms with Crippen molar-refractivity contribution in [2.75, 3.05) is 13.7 Å². The number of fused-ring (bicyclic) bond motifs is 3. The quantitative estimate of drug-likeness (QED) is 0.780. The number of rotatable bonds is 2. The molecule has 0 fully saturated rings. The minimum Gasteiger partial charge on any atom is -0.497 e. The topological polar surface area (TPSA) is 51.5 Å². The van der Waals surface area contributed by atoms with Crippen molar-refractivity contribution in [3.63, 3.8) is 0 Å².